The summed E-state index contributed by atoms with van der Waals surface area (Å²) >= 11 is 9.79. The van der Waals surface area contributed by atoms with Crippen LogP contribution in [-0.2, 0) is 7.05 Å². The molecule has 3 heterocycles. The average molecular weight is 609 g/mol. The minimum Gasteiger partial charge on any atom is -0.353 e. The number of hydrogen-bond acceptors (Lipinski definition) is 5. The van der Waals surface area contributed by atoms with E-state index in [4.69, 9.17) is 11.6 Å². The molecule has 4 rings (SSSR count). The quantitative estimate of drug-likeness (QED) is 0.105. The van der Waals surface area contributed by atoms with Crippen molar-refractivity contribution in [1.29, 1.82) is 0 Å². The first-order valence-corrected chi connectivity index (χ1v) is 15.2. The van der Waals surface area contributed by atoms with Gasteiger partial charge in [-0.1, -0.05) is 31.5 Å². The van der Waals surface area contributed by atoms with Crippen molar-refractivity contribution in [3.8, 4) is 11.3 Å². The molecule has 0 aliphatic rings. The highest BCUT2D eigenvalue weighted by Crippen LogP contribution is 2.39. The van der Waals surface area contributed by atoms with Crippen LogP contribution in [0.3, 0.4) is 0 Å². The number of rotatable bonds is 6. The van der Waals surface area contributed by atoms with Crippen LogP contribution in [0.25, 0.3) is 22.4 Å². The number of anilines is 2. The van der Waals surface area contributed by atoms with E-state index in [0.29, 0.717) is 16.9 Å². The average Bonchev–Trinajstić information content (AvgIpc) is 3.39. The van der Waals surface area contributed by atoms with Gasteiger partial charge >= 0.3 is 0 Å². The molecule has 0 aliphatic heterocycles. The molecule has 0 aliphatic carbocycles. The summed E-state index contributed by atoms with van der Waals surface area (Å²) in [6.07, 6.45) is 2.99. The number of alkyl halides is 2. The van der Waals surface area contributed by atoms with Crippen molar-refractivity contribution in [2.45, 2.75) is 25.2 Å². The molecule has 1 N–H and O–H groups in total. The first-order chi connectivity index (χ1) is 15.4. The van der Waals surface area contributed by atoms with E-state index in [2.05, 4.69) is 20.3 Å². The van der Waals surface area contributed by atoms with Gasteiger partial charge in [0, 0.05) is 29.8 Å². The van der Waals surface area contributed by atoms with Gasteiger partial charge in [0.25, 0.3) is 6.43 Å². The standard InChI is InChI=1S/C18H15ClF2IN6PS.C2H6/c1-27-7-12(23-8-27)9-3-4-10(13(5-9)30-2)24-11-6-14(19)25-17-15(11)26-18(16(20)21)28(17)29-22;1-2/h3-8,16,29H,1-2H3,(H,24,25);1-2H3. The topological polar surface area (TPSA) is 60.6 Å². The monoisotopic (exact) mass is 608 g/mol. The fourth-order valence-electron chi connectivity index (χ4n) is 3.02. The minimum absolute atomic E-state index is 0.0247. The number of hydrogen-bond donors (Lipinski definition) is 1. The van der Waals surface area contributed by atoms with Gasteiger partial charge in [0.05, 0.1) is 29.8 Å². The lowest BCUT2D eigenvalue weighted by Crippen LogP contribution is -1.96. The molecule has 0 spiro atoms. The summed E-state index contributed by atoms with van der Waals surface area (Å²) in [5.74, 6) is -0.314. The number of aryl methyl sites for hydroxylation is 1. The van der Waals surface area contributed by atoms with Crippen LogP contribution in [0.1, 0.15) is 26.1 Å². The van der Waals surface area contributed by atoms with Crippen LogP contribution < -0.4 is 5.32 Å². The Morgan fingerprint density at radius 2 is 1.94 bits per heavy atom. The Bertz CT molecular complexity index is 1230. The summed E-state index contributed by atoms with van der Waals surface area (Å²) < 4.78 is 30.2. The highest BCUT2D eigenvalue weighted by molar-refractivity contribution is 14.2. The zero-order valence-corrected chi connectivity index (χ0v) is 22.4. The molecular formula is C20H21ClF2IN6PS. The maximum atomic E-state index is 13.5. The molecule has 1 atom stereocenters. The number of nitrogens with one attached hydrogen (secondary N) is 1. The highest BCUT2D eigenvalue weighted by Gasteiger charge is 2.22. The number of thioether (sulfide) groups is 1. The van der Waals surface area contributed by atoms with Gasteiger partial charge in [-0.2, -0.15) is 0 Å². The Morgan fingerprint density at radius 3 is 2.53 bits per heavy atom. The molecule has 170 valence electrons. The molecule has 4 aromatic rings. The summed E-state index contributed by atoms with van der Waals surface area (Å²) in [5.41, 5.74) is 3.90. The van der Waals surface area contributed by atoms with E-state index < -0.39 is 6.43 Å². The second-order valence-electron chi connectivity index (χ2n) is 6.32. The third-order valence-electron chi connectivity index (χ3n) is 4.36. The van der Waals surface area contributed by atoms with Gasteiger partial charge in [-0.3, -0.25) is 4.34 Å². The van der Waals surface area contributed by atoms with Crippen LogP contribution in [0, 0.1) is 0 Å². The SMILES string of the molecule is CC.CSc1cc(-c2cn(C)cn2)ccc1Nc1cc(Cl)nc2c1nc(C(F)F)n2PI. The van der Waals surface area contributed by atoms with Gasteiger partial charge in [-0.15, -0.1) is 11.8 Å². The number of aromatic nitrogens is 5. The first kappa shape index (κ1) is 25.1. The molecule has 12 heteroatoms. The number of nitrogens with zero attached hydrogens (tertiary/aromatic N) is 5. The summed E-state index contributed by atoms with van der Waals surface area (Å²) in [5, 5.41) is 3.51. The molecule has 0 fully saturated rings. The van der Waals surface area contributed by atoms with Crippen molar-refractivity contribution in [2.24, 2.45) is 7.05 Å². The normalized spacial score (nSPS) is 11.4. The highest BCUT2D eigenvalue weighted by atomic mass is 127. The number of pyridine rings is 1. The van der Waals surface area contributed by atoms with Crippen LogP contribution in [0.15, 0.2) is 41.7 Å². The van der Waals surface area contributed by atoms with E-state index in [-0.39, 0.29) is 17.4 Å². The Balaban J connectivity index is 0.00000141. The van der Waals surface area contributed by atoms with Crippen molar-refractivity contribution in [2.75, 3.05) is 11.6 Å². The molecule has 0 amide bonds. The van der Waals surface area contributed by atoms with Crippen molar-refractivity contribution in [1.82, 2.24) is 23.9 Å². The zero-order chi connectivity index (χ0) is 23.4. The Kier molecular flexibility index (Phi) is 8.71. The van der Waals surface area contributed by atoms with Gasteiger partial charge < -0.3 is 9.88 Å². The van der Waals surface area contributed by atoms with Gasteiger partial charge in [0.15, 0.2) is 11.5 Å². The van der Waals surface area contributed by atoms with E-state index in [9.17, 15) is 8.78 Å². The predicted molar refractivity (Wildman–Crippen MR) is 140 cm³/mol. The number of fused-ring (bicyclic) bond motifs is 1. The summed E-state index contributed by atoms with van der Waals surface area (Å²) in [7, 11) is 1.92. The lowest BCUT2D eigenvalue weighted by atomic mass is 10.1. The van der Waals surface area contributed by atoms with Crippen molar-refractivity contribution in [3.05, 3.63) is 47.8 Å². The molecular weight excluding hydrogens is 588 g/mol. The fraction of sp³-hybridized carbons (Fsp3) is 0.250. The van der Waals surface area contributed by atoms with Crippen LogP contribution in [0.2, 0.25) is 5.15 Å². The molecule has 6 nitrogen and oxygen atoms in total. The number of benzene rings is 1. The maximum Gasteiger partial charge on any atom is 0.295 e. The third-order valence-corrected chi connectivity index (χ3v) is 7.39. The fourth-order valence-corrected chi connectivity index (χ4v) is 5.69. The molecule has 0 bridgehead atoms. The zero-order valence-electron chi connectivity index (χ0n) is 17.7. The van der Waals surface area contributed by atoms with Crippen LogP contribution >= 0.6 is 51.8 Å². The molecule has 1 aromatic carbocycles. The van der Waals surface area contributed by atoms with E-state index in [0.717, 1.165) is 21.8 Å². The van der Waals surface area contributed by atoms with Gasteiger partial charge in [-0.25, -0.2) is 23.7 Å². The summed E-state index contributed by atoms with van der Waals surface area (Å²) in [6.45, 7) is 4.00. The number of halogens is 4. The van der Waals surface area contributed by atoms with E-state index in [1.54, 1.807) is 24.2 Å². The molecule has 0 saturated carbocycles. The second-order valence-corrected chi connectivity index (χ2v) is 9.62. The molecule has 3 aromatic heterocycles. The summed E-state index contributed by atoms with van der Waals surface area (Å²) in [4.78, 5) is 13.8. The summed E-state index contributed by atoms with van der Waals surface area (Å²) in [6, 6.07) is 7.52. The third kappa shape index (κ3) is 5.18. The van der Waals surface area contributed by atoms with Crippen LogP contribution in [0.4, 0.5) is 20.2 Å². The molecule has 0 saturated heterocycles. The minimum atomic E-state index is -2.70. The predicted octanol–water partition coefficient (Wildman–Crippen LogP) is 7.71. The van der Waals surface area contributed by atoms with E-state index in [1.807, 2.05) is 78.2 Å². The smallest absolute Gasteiger partial charge is 0.295 e. The van der Waals surface area contributed by atoms with E-state index >= 15 is 0 Å². The Morgan fingerprint density at radius 1 is 1.19 bits per heavy atom. The molecule has 1 unspecified atom stereocenters. The largest absolute Gasteiger partial charge is 0.353 e. The first-order valence-electron chi connectivity index (χ1n) is 9.58. The van der Waals surface area contributed by atoms with Crippen LogP contribution in [0.5, 0.6) is 0 Å². The maximum absolute atomic E-state index is 13.5. The van der Waals surface area contributed by atoms with Crippen LogP contribution in [-0.4, -0.2) is 30.1 Å². The molecule has 0 radical (unpaired) electrons. The van der Waals surface area contributed by atoms with Crippen molar-refractivity contribution in [3.63, 3.8) is 0 Å². The lowest BCUT2D eigenvalue weighted by Gasteiger charge is -2.13. The molecule has 32 heavy (non-hydrogen) atoms. The van der Waals surface area contributed by atoms with Gasteiger partial charge in [0.2, 0.25) is 0 Å². The Labute approximate surface area is 208 Å². The van der Waals surface area contributed by atoms with Crippen molar-refractivity contribution >= 4 is 74.3 Å². The number of imidazole rings is 2. The lowest BCUT2D eigenvalue weighted by molar-refractivity contribution is 0.140. The second kappa shape index (κ2) is 11.1. The van der Waals surface area contributed by atoms with E-state index in [1.165, 1.54) is 4.34 Å². The van der Waals surface area contributed by atoms with Crippen molar-refractivity contribution < 1.29 is 8.78 Å². The van der Waals surface area contributed by atoms with Gasteiger partial charge in [-0.05, 0) is 40.4 Å². The Hall–Kier alpha value is -1.49. The van der Waals surface area contributed by atoms with Gasteiger partial charge in [0.1, 0.15) is 10.7 Å².